The van der Waals surface area contributed by atoms with Gasteiger partial charge in [-0.15, -0.1) is 0 Å². The van der Waals surface area contributed by atoms with Gasteiger partial charge in [0, 0.05) is 49.3 Å². The minimum Gasteiger partial charge on any atom is -0.493 e. The topological polar surface area (TPSA) is 68.6 Å². The molecule has 1 aromatic carbocycles. The summed E-state index contributed by atoms with van der Waals surface area (Å²) >= 11 is 0. The minimum atomic E-state index is 0.137. The molecule has 33 heavy (non-hydrogen) atoms. The Bertz CT molecular complexity index is 968. The van der Waals surface area contributed by atoms with Crippen LogP contribution >= 0.6 is 0 Å². The molecular weight excluding hydrogens is 416 g/mol. The first-order chi connectivity index (χ1) is 16.0. The number of aryl methyl sites for hydroxylation is 1. The molecule has 2 aromatic rings. The molecule has 3 saturated heterocycles. The van der Waals surface area contributed by atoms with Crippen LogP contribution in [0.1, 0.15) is 51.1 Å². The molecule has 2 bridgehead atoms. The summed E-state index contributed by atoms with van der Waals surface area (Å²) in [6, 6.07) is 8.62. The highest BCUT2D eigenvalue weighted by Crippen LogP contribution is 2.42. The van der Waals surface area contributed by atoms with Crippen LogP contribution in [0.25, 0.3) is 11.3 Å². The van der Waals surface area contributed by atoms with Crippen LogP contribution in [0.3, 0.4) is 0 Å². The first kappa shape index (κ1) is 23.6. The van der Waals surface area contributed by atoms with E-state index < -0.39 is 0 Å². The Labute approximate surface area is 197 Å². The van der Waals surface area contributed by atoms with Gasteiger partial charge >= 0.3 is 0 Å². The van der Waals surface area contributed by atoms with Gasteiger partial charge < -0.3 is 14.8 Å². The number of ether oxygens (including phenoxy) is 2. The standard InChI is InChI=1S/C26H38N4O3/c1-6-17(7-2)26(31)27-15-20-12-18-10-11-30(20)16-21(18)23-14-22(28-29(23)3)19-8-9-24(32-4)25(13-19)33-5/h8-9,13-14,17-18,20-21H,6-7,10-12,15-16H2,1-5H3,(H,27,31)/t18-,20+,21-/m0/s1. The third kappa shape index (κ3) is 4.74. The van der Waals surface area contributed by atoms with Crippen molar-refractivity contribution < 1.29 is 14.3 Å². The number of piperidine rings is 3. The number of methoxy groups -OCH3 is 2. The number of carbonyl (C=O) groups is 1. The molecule has 7 nitrogen and oxygen atoms in total. The molecule has 0 spiro atoms. The molecule has 3 aliphatic heterocycles. The van der Waals surface area contributed by atoms with Crippen LogP contribution in [-0.4, -0.2) is 60.5 Å². The van der Waals surface area contributed by atoms with Crippen LogP contribution in [-0.2, 0) is 11.8 Å². The zero-order valence-corrected chi connectivity index (χ0v) is 20.6. The smallest absolute Gasteiger partial charge is 0.223 e. The summed E-state index contributed by atoms with van der Waals surface area (Å²) in [5, 5.41) is 8.06. The lowest BCUT2D eigenvalue weighted by Gasteiger charge is -2.50. The van der Waals surface area contributed by atoms with E-state index in [0.29, 0.717) is 23.6 Å². The van der Waals surface area contributed by atoms with Crippen molar-refractivity contribution in [1.82, 2.24) is 20.0 Å². The van der Waals surface area contributed by atoms with Gasteiger partial charge in [-0.1, -0.05) is 13.8 Å². The van der Waals surface area contributed by atoms with Crippen LogP contribution in [0.15, 0.2) is 24.3 Å². The molecule has 1 N–H and O–H groups in total. The van der Waals surface area contributed by atoms with E-state index in [-0.39, 0.29) is 11.8 Å². The van der Waals surface area contributed by atoms with Gasteiger partial charge in [0.1, 0.15) is 0 Å². The molecule has 1 aromatic heterocycles. The van der Waals surface area contributed by atoms with E-state index in [9.17, 15) is 4.79 Å². The zero-order chi connectivity index (χ0) is 23.5. The van der Waals surface area contributed by atoms with Crippen molar-refractivity contribution in [2.24, 2.45) is 18.9 Å². The molecule has 0 saturated carbocycles. The predicted octanol–water partition coefficient (Wildman–Crippen LogP) is 3.83. The summed E-state index contributed by atoms with van der Waals surface area (Å²) in [5.41, 5.74) is 3.27. The number of nitrogens with one attached hydrogen (secondary N) is 1. The van der Waals surface area contributed by atoms with Gasteiger partial charge in [0.15, 0.2) is 11.5 Å². The molecule has 1 unspecified atom stereocenters. The molecule has 3 fully saturated rings. The van der Waals surface area contributed by atoms with Gasteiger partial charge in [-0.2, -0.15) is 5.10 Å². The summed E-state index contributed by atoms with van der Waals surface area (Å²) in [7, 11) is 5.35. The van der Waals surface area contributed by atoms with Crippen LogP contribution in [0.2, 0.25) is 0 Å². The van der Waals surface area contributed by atoms with E-state index in [0.717, 1.165) is 55.9 Å². The first-order valence-corrected chi connectivity index (χ1v) is 12.3. The molecule has 4 heterocycles. The average Bonchev–Trinajstić information content (AvgIpc) is 3.24. The molecule has 5 rings (SSSR count). The second-order valence-electron chi connectivity index (χ2n) is 9.45. The number of nitrogens with zero attached hydrogens (tertiary/aromatic N) is 3. The minimum absolute atomic E-state index is 0.137. The largest absolute Gasteiger partial charge is 0.493 e. The van der Waals surface area contributed by atoms with Crippen molar-refractivity contribution in [2.45, 2.75) is 51.5 Å². The van der Waals surface area contributed by atoms with Crippen molar-refractivity contribution >= 4 is 5.91 Å². The Morgan fingerprint density at radius 3 is 2.58 bits per heavy atom. The van der Waals surface area contributed by atoms with E-state index in [4.69, 9.17) is 14.6 Å². The van der Waals surface area contributed by atoms with Crippen LogP contribution in [0.4, 0.5) is 0 Å². The Balaban J connectivity index is 1.45. The van der Waals surface area contributed by atoms with E-state index >= 15 is 0 Å². The Hall–Kier alpha value is -2.54. The number of rotatable bonds is 9. The lowest BCUT2D eigenvalue weighted by atomic mass is 9.74. The Kier molecular flexibility index (Phi) is 7.27. The molecular formula is C26H38N4O3. The maximum atomic E-state index is 12.5. The number of fused-ring (bicyclic) bond motifs is 3. The molecule has 180 valence electrons. The predicted molar refractivity (Wildman–Crippen MR) is 130 cm³/mol. The van der Waals surface area contributed by atoms with Gasteiger partial charge in [-0.05, 0) is 62.4 Å². The number of carbonyl (C=O) groups excluding carboxylic acids is 1. The number of hydrogen-bond donors (Lipinski definition) is 1. The van der Waals surface area contributed by atoms with Gasteiger partial charge in [-0.3, -0.25) is 14.4 Å². The van der Waals surface area contributed by atoms with Gasteiger partial charge in [0.25, 0.3) is 0 Å². The zero-order valence-electron chi connectivity index (χ0n) is 20.6. The second-order valence-corrected chi connectivity index (χ2v) is 9.45. The monoisotopic (exact) mass is 454 g/mol. The number of benzene rings is 1. The normalized spacial score (nSPS) is 24.2. The van der Waals surface area contributed by atoms with Crippen LogP contribution in [0.5, 0.6) is 11.5 Å². The van der Waals surface area contributed by atoms with E-state index in [1.165, 1.54) is 12.1 Å². The maximum absolute atomic E-state index is 12.5. The van der Waals surface area contributed by atoms with Gasteiger partial charge in [-0.25, -0.2) is 0 Å². The second kappa shape index (κ2) is 10.2. The fraction of sp³-hybridized carbons (Fsp3) is 0.615. The fourth-order valence-electron chi connectivity index (χ4n) is 5.67. The van der Waals surface area contributed by atoms with Crippen LogP contribution < -0.4 is 14.8 Å². The summed E-state index contributed by atoms with van der Waals surface area (Å²) in [4.78, 5) is 15.0. The lowest BCUT2D eigenvalue weighted by molar-refractivity contribution is -0.125. The van der Waals surface area contributed by atoms with Gasteiger partial charge in [0.2, 0.25) is 5.91 Å². The third-order valence-electron chi connectivity index (χ3n) is 7.72. The van der Waals surface area contributed by atoms with Gasteiger partial charge in [0.05, 0.1) is 19.9 Å². The molecule has 7 heteroatoms. The SMILES string of the molecule is CCC(CC)C(=O)NC[C@H]1C[C@@H]2CCN1C[C@@H]2c1cc(-c2ccc(OC)c(OC)c2)nn1C. The highest BCUT2D eigenvalue weighted by molar-refractivity contribution is 5.78. The molecule has 0 aliphatic carbocycles. The van der Waals surface area contributed by atoms with Crippen molar-refractivity contribution in [2.75, 3.05) is 33.9 Å². The number of amides is 1. The van der Waals surface area contributed by atoms with E-state index in [1.54, 1.807) is 14.2 Å². The molecule has 4 atom stereocenters. The Morgan fingerprint density at radius 1 is 1.18 bits per heavy atom. The average molecular weight is 455 g/mol. The van der Waals surface area contributed by atoms with E-state index in [2.05, 4.69) is 30.1 Å². The van der Waals surface area contributed by atoms with Crippen LogP contribution in [0, 0.1) is 11.8 Å². The van der Waals surface area contributed by atoms with Crippen molar-refractivity contribution in [3.63, 3.8) is 0 Å². The van der Waals surface area contributed by atoms with E-state index in [1.807, 2.05) is 29.9 Å². The number of hydrogen-bond acceptors (Lipinski definition) is 5. The molecule has 1 amide bonds. The first-order valence-electron chi connectivity index (χ1n) is 12.3. The number of aromatic nitrogens is 2. The van der Waals surface area contributed by atoms with Crippen molar-refractivity contribution in [1.29, 1.82) is 0 Å². The highest BCUT2D eigenvalue weighted by atomic mass is 16.5. The summed E-state index contributed by atoms with van der Waals surface area (Å²) in [6.07, 6.45) is 4.15. The van der Waals surface area contributed by atoms with Crippen molar-refractivity contribution in [3.8, 4) is 22.8 Å². The maximum Gasteiger partial charge on any atom is 0.223 e. The summed E-state index contributed by atoms with van der Waals surface area (Å²) < 4.78 is 12.9. The van der Waals surface area contributed by atoms with Crippen molar-refractivity contribution in [3.05, 3.63) is 30.0 Å². The third-order valence-corrected chi connectivity index (χ3v) is 7.72. The quantitative estimate of drug-likeness (QED) is 0.624. The summed E-state index contributed by atoms with van der Waals surface area (Å²) in [6.45, 7) is 7.10. The highest BCUT2D eigenvalue weighted by Gasteiger charge is 2.42. The molecule has 0 radical (unpaired) electrons. The fourth-order valence-corrected chi connectivity index (χ4v) is 5.67. The molecule has 3 aliphatic rings. The Morgan fingerprint density at radius 2 is 1.94 bits per heavy atom. The lowest BCUT2D eigenvalue weighted by Crippen LogP contribution is -2.56. The summed E-state index contributed by atoms with van der Waals surface area (Å²) in [5.74, 6) is 2.87.